The van der Waals surface area contributed by atoms with Gasteiger partial charge in [-0.15, -0.1) is 0 Å². The van der Waals surface area contributed by atoms with Gasteiger partial charge in [-0.25, -0.2) is 0 Å². The number of hydrogen-bond acceptors (Lipinski definition) is 4. The number of nitrogens with zero attached hydrogens (tertiary/aromatic N) is 1. The number of aryl methyl sites for hydroxylation is 1. The lowest BCUT2D eigenvalue weighted by Gasteiger charge is -2.13. The number of para-hydroxylation sites is 2. The van der Waals surface area contributed by atoms with E-state index in [0.717, 1.165) is 17.0 Å². The number of thiocarbonyl (C=S) groups is 1. The highest BCUT2D eigenvalue weighted by Crippen LogP contribution is 2.23. The molecule has 28 heavy (non-hydrogen) atoms. The number of carbonyl (C=O) groups is 1. The van der Waals surface area contributed by atoms with Crippen molar-refractivity contribution >= 4 is 35.0 Å². The molecule has 1 fully saturated rings. The first-order valence-electron chi connectivity index (χ1n) is 8.81. The smallest absolute Gasteiger partial charge is 0.281 e. The summed E-state index contributed by atoms with van der Waals surface area (Å²) < 4.78 is 11.6. The molecular formula is C22H18N2O3S. The minimum Gasteiger partial charge on any atom is -0.485 e. The Balaban J connectivity index is 1.47. The molecule has 0 unspecified atom stereocenters. The van der Waals surface area contributed by atoms with Crippen LogP contribution in [0.5, 0.6) is 5.75 Å². The molecule has 0 aliphatic carbocycles. The number of amides is 1. The van der Waals surface area contributed by atoms with Gasteiger partial charge in [-0.3, -0.25) is 9.69 Å². The van der Waals surface area contributed by atoms with Crippen molar-refractivity contribution in [3.05, 3.63) is 89.5 Å². The van der Waals surface area contributed by atoms with Crippen molar-refractivity contribution in [1.82, 2.24) is 5.32 Å². The first kappa shape index (κ1) is 18.0. The predicted octanol–water partition coefficient (Wildman–Crippen LogP) is 4.43. The second-order valence-corrected chi connectivity index (χ2v) is 6.71. The van der Waals surface area contributed by atoms with E-state index in [0.29, 0.717) is 28.9 Å². The first-order chi connectivity index (χ1) is 13.6. The summed E-state index contributed by atoms with van der Waals surface area (Å²) in [6.07, 6.45) is 1.65. The Labute approximate surface area is 168 Å². The lowest BCUT2D eigenvalue weighted by atomic mass is 10.2. The zero-order valence-electron chi connectivity index (χ0n) is 15.2. The van der Waals surface area contributed by atoms with Crippen molar-refractivity contribution in [3.8, 4) is 5.75 Å². The number of hydrogen-bond donors (Lipinski definition) is 1. The third-order valence-electron chi connectivity index (χ3n) is 4.33. The van der Waals surface area contributed by atoms with Crippen molar-refractivity contribution in [1.29, 1.82) is 0 Å². The van der Waals surface area contributed by atoms with Crippen molar-refractivity contribution in [2.24, 2.45) is 0 Å². The molecule has 3 aromatic rings. The molecule has 1 N–H and O–H groups in total. The third-order valence-corrected chi connectivity index (χ3v) is 4.61. The molecule has 0 bridgehead atoms. The molecule has 0 atom stereocenters. The van der Waals surface area contributed by atoms with E-state index in [1.807, 2.05) is 67.6 Å². The van der Waals surface area contributed by atoms with Gasteiger partial charge in [0.25, 0.3) is 5.91 Å². The molecule has 2 aromatic carbocycles. The average Bonchev–Trinajstić information content (AvgIpc) is 3.26. The van der Waals surface area contributed by atoms with Gasteiger partial charge in [0.2, 0.25) is 0 Å². The van der Waals surface area contributed by atoms with E-state index in [2.05, 4.69) is 5.32 Å². The van der Waals surface area contributed by atoms with Crippen LogP contribution in [-0.2, 0) is 11.4 Å². The Morgan fingerprint density at radius 3 is 2.61 bits per heavy atom. The fourth-order valence-electron chi connectivity index (χ4n) is 2.91. The van der Waals surface area contributed by atoms with Crippen LogP contribution in [0.4, 0.5) is 5.69 Å². The number of carbonyl (C=O) groups excluding carboxylic acids is 1. The van der Waals surface area contributed by atoms with Gasteiger partial charge < -0.3 is 14.5 Å². The van der Waals surface area contributed by atoms with Gasteiger partial charge in [-0.1, -0.05) is 36.4 Å². The summed E-state index contributed by atoms with van der Waals surface area (Å²) in [7, 11) is 0. The first-order valence-corrected chi connectivity index (χ1v) is 9.22. The molecule has 0 saturated carbocycles. The highest BCUT2D eigenvalue weighted by Gasteiger charge is 2.32. The molecule has 140 valence electrons. The summed E-state index contributed by atoms with van der Waals surface area (Å²) >= 11 is 5.31. The lowest BCUT2D eigenvalue weighted by molar-refractivity contribution is -0.113. The van der Waals surface area contributed by atoms with E-state index >= 15 is 0 Å². The van der Waals surface area contributed by atoms with Crippen molar-refractivity contribution in [2.45, 2.75) is 13.5 Å². The zero-order valence-corrected chi connectivity index (χ0v) is 16.0. The second-order valence-electron chi connectivity index (χ2n) is 6.32. The SMILES string of the molecule is Cc1ccccc1OCc1ccc(/C=C2/NC(=S)N(c3ccccc3)C2=O)o1. The highest BCUT2D eigenvalue weighted by molar-refractivity contribution is 7.80. The Hall–Kier alpha value is -3.38. The van der Waals surface area contributed by atoms with Crippen LogP contribution < -0.4 is 15.0 Å². The molecule has 5 nitrogen and oxygen atoms in total. The van der Waals surface area contributed by atoms with Gasteiger partial charge in [-0.2, -0.15) is 0 Å². The van der Waals surface area contributed by atoms with Crippen LogP contribution in [0.3, 0.4) is 0 Å². The summed E-state index contributed by atoms with van der Waals surface area (Å²) in [5.41, 5.74) is 2.15. The minimum atomic E-state index is -0.217. The molecule has 1 aliphatic heterocycles. The quantitative estimate of drug-likeness (QED) is 0.516. The summed E-state index contributed by atoms with van der Waals surface area (Å²) in [5, 5.41) is 3.30. The van der Waals surface area contributed by atoms with Gasteiger partial charge >= 0.3 is 0 Å². The Bertz CT molecular complexity index is 1060. The lowest BCUT2D eigenvalue weighted by Crippen LogP contribution is -2.30. The fourth-order valence-corrected chi connectivity index (χ4v) is 3.20. The van der Waals surface area contributed by atoms with Gasteiger partial charge in [0, 0.05) is 6.08 Å². The molecule has 1 aliphatic rings. The van der Waals surface area contributed by atoms with Crippen LogP contribution in [0.1, 0.15) is 17.1 Å². The zero-order chi connectivity index (χ0) is 19.5. The van der Waals surface area contributed by atoms with E-state index in [1.165, 1.54) is 4.90 Å². The number of anilines is 1. The maximum Gasteiger partial charge on any atom is 0.281 e. The molecule has 2 heterocycles. The maximum atomic E-state index is 12.7. The summed E-state index contributed by atoms with van der Waals surface area (Å²) in [5.74, 6) is 1.82. The van der Waals surface area contributed by atoms with E-state index in [9.17, 15) is 4.79 Å². The van der Waals surface area contributed by atoms with Crippen LogP contribution in [-0.4, -0.2) is 11.0 Å². The van der Waals surface area contributed by atoms with Crippen LogP contribution in [0, 0.1) is 6.92 Å². The largest absolute Gasteiger partial charge is 0.485 e. The number of furan rings is 1. The molecule has 0 spiro atoms. The summed E-state index contributed by atoms with van der Waals surface area (Å²) in [6, 6.07) is 20.7. The fraction of sp³-hybridized carbons (Fsp3) is 0.0909. The average molecular weight is 390 g/mol. The normalized spacial score (nSPS) is 15.2. The van der Waals surface area contributed by atoms with Gasteiger partial charge in [-0.05, 0) is 55.0 Å². The van der Waals surface area contributed by atoms with E-state index < -0.39 is 0 Å². The molecule has 6 heteroatoms. The Kier molecular flexibility index (Phi) is 4.95. The predicted molar refractivity (Wildman–Crippen MR) is 112 cm³/mol. The standard InChI is InChI=1S/C22H18N2O3S/c1-15-7-5-6-10-20(15)26-14-18-12-11-17(27-18)13-19-21(25)24(22(28)23-19)16-8-3-2-4-9-16/h2-13H,14H2,1H3,(H,23,28)/b19-13+. The number of ether oxygens (including phenoxy) is 1. The topological polar surface area (TPSA) is 54.7 Å². The summed E-state index contributed by atoms with van der Waals surface area (Å²) in [4.78, 5) is 14.2. The Morgan fingerprint density at radius 2 is 1.82 bits per heavy atom. The van der Waals surface area contributed by atoms with E-state index in [4.69, 9.17) is 21.4 Å². The van der Waals surface area contributed by atoms with E-state index in [1.54, 1.807) is 12.1 Å². The van der Waals surface area contributed by atoms with Gasteiger partial charge in [0.05, 0.1) is 5.69 Å². The molecule has 0 radical (unpaired) electrons. The summed E-state index contributed by atoms with van der Waals surface area (Å²) in [6.45, 7) is 2.30. The number of benzene rings is 2. The van der Waals surface area contributed by atoms with Crippen LogP contribution in [0.2, 0.25) is 0 Å². The molecular weight excluding hydrogens is 372 g/mol. The number of nitrogens with one attached hydrogen (secondary N) is 1. The second kappa shape index (κ2) is 7.70. The molecule has 4 rings (SSSR count). The minimum absolute atomic E-state index is 0.217. The van der Waals surface area contributed by atoms with E-state index in [-0.39, 0.29) is 5.91 Å². The molecule has 1 saturated heterocycles. The van der Waals surface area contributed by atoms with Crippen LogP contribution >= 0.6 is 12.2 Å². The number of rotatable bonds is 5. The van der Waals surface area contributed by atoms with Crippen molar-refractivity contribution < 1.29 is 13.9 Å². The van der Waals surface area contributed by atoms with Crippen LogP contribution in [0.15, 0.2) is 76.8 Å². The van der Waals surface area contributed by atoms with Gasteiger partial charge in [0.1, 0.15) is 29.6 Å². The highest BCUT2D eigenvalue weighted by atomic mass is 32.1. The molecule has 1 amide bonds. The molecule has 1 aromatic heterocycles. The van der Waals surface area contributed by atoms with Crippen LogP contribution in [0.25, 0.3) is 6.08 Å². The maximum absolute atomic E-state index is 12.7. The third kappa shape index (κ3) is 3.68. The Morgan fingerprint density at radius 1 is 1.07 bits per heavy atom. The van der Waals surface area contributed by atoms with Crippen molar-refractivity contribution in [3.63, 3.8) is 0 Å². The monoisotopic (exact) mass is 390 g/mol. The van der Waals surface area contributed by atoms with Gasteiger partial charge in [0.15, 0.2) is 5.11 Å². The van der Waals surface area contributed by atoms with Crippen molar-refractivity contribution in [2.75, 3.05) is 4.90 Å².